The summed E-state index contributed by atoms with van der Waals surface area (Å²) < 4.78 is 1.12. The van der Waals surface area contributed by atoms with Crippen LogP contribution in [0.2, 0.25) is 0 Å². The van der Waals surface area contributed by atoms with Crippen molar-refractivity contribution in [2.45, 2.75) is 13.3 Å². The number of halogens is 1. The van der Waals surface area contributed by atoms with Crippen LogP contribution in [0.4, 0.5) is 5.69 Å². The van der Waals surface area contributed by atoms with Crippen LogP contribution in [0.25, 0.3) is 0 Å². The van der Waals surface area contributed by atoms with Gasteiger partial charge < -0.3 is 10.6 Å². The first-order chi connectivity index (χ1) is 7.22. The zero-order valence-electron chi connectivity index (χ0n) is 8.72. The van der Waals surface area contributed by atoms with Gasteiger partial charge in [-0.15, -0.1) is 0 Å². The number of benzene rings is 1. The van der Waals surface area contributed by atoms with Crippen molar-refractivity contribution < 1.29 is 4.79 Å². The summed E-state index contributed by atoms with van der Waals surface area (Å²) in [5.74, 6) is 0.00505. The van der Waals surface area contributed by atoms with Gasteiger partial charge in [-0.05, 0) is 53.8 Å². The van der Waals surface area contributed by atoms with E-state index in [0.717, 1.165) is 22.2 Å². The van der Waals surface area contributed by atoms with E-state index in [4.69, 9.17) is 0 Å². The predicted octanol–water partition coefficient (Wildman–Crippen LogP) is 2.23. The van der Waals surface area contributed by atoms with Crippen molar-refractivity contribution >= 4 is 34.2 Å². The normalized spacial score (nSPS) is 10.0. The van der Waals surface area contributed by atoms with E-state index >= 15 is 0 Å². The van der Waals surface area contributed by atoms with Gasteiger partial charge in [0.2, 0.25) is 5.91 Å². The van der Waals surface area contributed by atoms with E-state index in [9.17, 15) is 4.79 Å². The second kappa shape index (κ2) is 6.79. The summed E-state index contributed by atoms with van der Waals surface area (Å²) in [7, 11) is 0. The summed E-state index contributed by atoms with van der Waals surface area (Å²) in [5.41, 5.74) is 0.852. The van der Waals surface area contributed by atoms with Crippen molar-refractivity contribution in [2.24, 2.45) is 0 Å². The number of carbonyl (C=O) groups is 1. The van der Waals surface area contributed by atoms with Gasteiger partial charge in [0.1, 0.15) is 0 Å². The third-order valence-electron chi connectivity index (χ3n) is 1.82. The molecule has 0 aliphatic heterocycles. The molecule has 0 radical (unpaired) electrons. The zero-order valence-corrected chi connectivity index (χ0v) is 10.9. The lowest BCUT2D eigenvalue weighted by atomic mass is 10.3. The number of rotatable bonds is 5. The van der Waals surface area contributed by atoms with Crippen LogP contribution in [0.15, 0.2) is 24.3 Å². The van der Waals surface area contributed by atoms with Crippen molar-refractivity contribution in [3.8, 4) is 0 Å². The summed E-state index contributed by atoms with van der Waals surface area (Å²) in [5, 5.41) is 5.89. The molecule has 3 nitrogen and oxygen atoms in total. The highest BCUT2D eigenvalue weighted by atomic mass is 127. The van der Waals surface area contributed by atoms with E-state index in [1.807, 2.05) is 24.3 Å². The molecule has 0 fully saturated rings. The van der Waals surface area contributed by atoms with E-state index in [-0.39, 0.29) is 5.91 Å². The molecule has 1 rings (SSSR count). The van der Waals surface area contributed by atoms with Gasteiger partial charge in [0.25, 0.3) is 0 Å². The molecular weight excluding hydrogens is 303 g/mol. The number of amides is 1. The standard InChI is InChI=1S/C11H15IN2O/c1-2-6-13-8-11(15)14-10-5-3-4-9(12)7-10/h3-5,7,13H,2,6,8H2,1H3,(H,14,15). The number of hydrogen-bond acceptors (Lipinski definition) is 2. The highest BCUT2D eigenvalue weighted by molar-refractivity contribution is 14.1. The predicted molar refractivity (Wildman–Crippen MR) is 70.9 cm³/mol. The monoisotopic (exact) mass is 318 g/mol. The van der Waals surface area contributed by atoms with Crippen molar-refractivity contribution in [3.05, 3.63) is 27.8 Å². The fourth-order valence-electron chi connectivity index (χ4n) is 1.15. The highest BCUT2D eigenvalue weighted by Crippen LogP contribution is 2.11. The van der Waals surface area contributed by atoms with E-state index in [0.29, 0.717) is 6.54 Å². The molecule has 15 heavy (non-hydrogen) atoms. The average Bonchev–Trinajstić information content (AvgIpc) is 2.18. The van der Waals surface area contributed by atoms with E-state index in [2.05, 4.69) is 40.1 Å². The average molecular weight is 318 g/mol. The first-order valence-corrected chi connectivity index (χ1v) is 6.06. The zero-order chi connectivity index (χ0) is 11.1. The Hall–Kier alpha value is -0.620. The topological polar surface area (TPSA) is 41.1 Å². The Bertz CT molecular complexity index is 328. The van der Waals surface area contributed by atoms with E-state index in [1.54, 1.807) is 0 Å². The quantitative estimate of drug-likeness (QED) is 0.646. The molecule has 0 saturated heterocycles. The third-order valence-corrected chi connectivity index (χ3v) is 2.49. The van der Waals surface area contributed by atoms with Crippen LogP contribution in [0.3, 0.4) is 0 Å². The van der Waals surface area contributed by atoms with Gasteiger partial charge in [-0.3, -0.25) is 4.79 Å². The maximum absolute atomic E-state index is 11.4. The Labute approximate surface area is 104 Å². The first kappa shape index (κ1) is 12.4. The van der Waals surface area contributed by atoms with Crippen LogP contribution in [-0.2, 0) is 4.79 Å². The SMILES string of the molecule is CCCNCC(=O)Nc1cccc(I)c1. The van der Waals surface area contributed by atoms with Gasteiger partial charge in [-0.2, -0.15) is 0 Å². The Balaban J connectivity index is 2.37. The first-order valence-electron chi connectivity index (χ1n) is 4.98. The molecular formula is C11H15IN2O. The minimum Gasteiger partial charge on any atom is -0.325 e. The summed E-state index contributed by atoms with van der Waals surface area (Å²) in [4.78, 5) is 11.4. The van der Waals surface area contributed by atoms with Gasteiger partial charge in [0.05, 0.1) is 6.54 Å². The summed E-state index contributed by atoms with van der Waals surface area (Å²) in [6, 6.07) is 7.75. The number of carbonyl (C=O) groups excluding carboxylic acids is 1. The van der Waals surface area contributed by atoms with Crippen LogP contribution < -0.4 is 10.6 Å². The molecule has 0 unspecified atom stereocenters. The second-order valence-corrected chi connectivity index (χ2v) is 4.48. The molecule has 1 aromatic rings. The Kier molecular flexibility index (Phi) is 5.63. The fraction of sp³-hybridized carbons (Fsp3) is 0.364. The third kappa shape index (κ3) is 5.13. The fourth-order valence-corrected chi connectivity index (χ4v) is 1.69. The molecule has 2 N–H and O–H groups in total. The summed E-state index contributed by atoms with van der Waals surface area (Å²) >= 11 is 2.22. The molecule has 0 heterocycles. The van der Waals surface area contributed by atoms with Crippen LogP contribution >= 0.6 is 22.6 Å². The lowest BCUT2D eigenvalue weighted by Crippen LogP contribution is -2.28. The van der Waals surface area contributed by atoms with Crippen molar-refractivity contribution in [1.82, 2.24) is 5.32 Å². The minimum atomic E-state index is 0.00505. The number of hydrogen-bond donors (Lipinski definition) is 2. The van der Waals surface area contributed by atoms with Gasteiger partial charge in [0.15, 0.2) is 0 Å². The maximum atomic E-state index is 11.4. The lowest BCUT2D eigenvalue weighted by Gasteiger charge is -2.06. The highest BCUT2D eigenvalue weighted by Gasteiger charge is 2.00. The minimum absolute atomic E-state index is 0.00505. The summed E-state index contributed by atoms with van der Waals surface area (Å²) in [6.07, 6.45) is 1.04. The van der Waals surface area contributed by atoms with Crippen LogP contribution in [0.1, 0.15) is 13.3 Å². The summed E-state index contributed by atoms with van der Waals surface area (Å²) in [6.45, 7) is 3.32. The Morgan fingerprint density at radius 2 is 2.27 bits per heavy atom. The van der Waals surface area contributed by atoms with Gasteiger partial charge in [0, 0.05) is 9.26 Å². The second-order valence-electron chi connectivity index (χ2n) is 3.24. The smallest absolute Gasteiger partial charge is 0.238 e. The molecule has 4 heteroatoms. The van der Waals surface area contributed by atoms with Gasteiger partial charge in [-0.1, -0.05) is 13.0 Å². The largest absolute Gasteiger partial charge is 0.325 e. The van der Waals surface area contributed by atoms with Crippen molar-refractivity contribution in [1.29, 1.82) is 0 Å². The molecule has 1 aromatic carbocycles. The Morgan fingerprint density at radius 3 is 2.93 bits per heavy atom. The van der Waals surface area contributed by atoms with Crippen LogP contribution in [0.5, 0.6) is 0 Å². The molecule has 0 atom stereocenters. The van der Waals surface area contributed by atoms with Crippen molar-refractivity contribution in [3.63, 3.8) is 0 Å². The maximum Gasteiger partial charge on any atom is 0.238 e. The van der Waals surface area contributed by atoms with E-state index < -0.39 is 0 Å². The number of nitrogens with one attached hydrogen (secondary N) is 2. The van der Waals surface area contributed by atoms with E-state index in [1.165, 1.54) is 0 Å². The van der Waals surface area contributed by atoms with Crippen LogP contribution in [-0.4, -0.2) is 19.0 Å². The molecule has 1 amide bonds. The van der Waals surface area contributed by atoms with Gasteiger partial charge in [-0.25, -0.2) is 0 Å². The van der Waals surface area contributed by atoms with Gasteiger partial charge >= 0.3 is 0 Å². The molecule has 0 bridgehead atoms. The molecule has 0 spiro atoms. The molecule has 0 aromatic heterocycles. The molecule has 0 saturated carbocycles. The molecule has 82 valence electrons. The molecule has 0 aliphatic carbocycles. The molecule has 0 aliphatic rings. The van der Waals surface area contributed by atoms with Crippen molar-refractivity contribution in [2.75, 3.05) is 18.4 Å². The lowest BCUT2D eigenvalue weighted by molar-refractivity contribution is -0.115. The Morgan fingerprint density at radius 1 is 1.47 bits per heavy atom. The number of anilines is 1. The van der Waals surface area contributed by atoms with Crippen LogP contribution in [0, 0.1) is 3.57 Å².